The van der Waals surface area contributed by atoms with Gasteiger partial charge in [-0.2, -0.15) is 0 Å². The van der Waals surface area contributed by atoms with Gasteiger partial charge in [0.1, 0.15) is 0 Å². The van der Waals surface area contributed by atoms with Crippen LogP contribution in [0.1, 0.15) is 11.1 Å². The first-order chi connectivity index (χ1) is 27.2. The summed E-state index contributed by atoms with van der Waals surface area (Å²) in [5, 5.41) is 7.76. The van der Waals surface area contributed by atoms with Gasteiger partial charge in [0.15, 0.2) is 17.5 Å². The Balaban J connectivity index is 0.986. The molecule has 3 nitrogen and oxygen atoms in total. The van der Waals surface area contributed by atoms with Crippen LogP contribution in [0.2, 0.25) is 0 Å². The summed E-state index contributed by atoms with van der Waals surface area (Å²) in [6.45, 7) is 0. The first-order valence-corrected chi connectivity index (χ1v) is 18.8. The highest BCUT2D eigenvalue weighted by Crippen LogP contribution is 2.42. The summed E-state index contributed by atoms with van der Waals surface area (Å²) < 4.78 is 0. The van der Waals surface area contributed by atoms with Crippen molar-refractivity contribution >= 4 is 32.3 Å². The molecule has 0 N–H and O–H groups in total. The number of rotatable bonds is 5. The van der Waals surface area contributed by atoms with E-state index in [-0.39, 0.29) is 0 Å². The maximum absolute atomic E-state index is 5.11. The van der Waals surface area contributed by atoms with Crippen LogP contribution in [0.25, 0.3) is 99.9 Å². The van der Waals surface area contributed by atoms with Crippen LogP contribution >= 0.6 is 0 Å². The maximum atomic E-state index is 5.11. The fourth-order valence-corrected chi connectivity index (χ4v) is 8.41. The highest BCUT2D eigenvalue weighted by Gasteiger charge is 2.22. The Morgan fingerprint density at radius 3 is 1.42 bits per heavy atom. The molecule has 0 radical (unpaired) electrons. The van der Waals surface area contributed by atoms with E-state index in [9.17, 15) is 0 Å². The molecule has 55 heavy (non-hydrogen) atoms. The summed E-state index contributed by atoms with van der Waals surface area (Å²) in [5.41, 5.74) is 12.8. The second kappa shape index (κ2) is 12.7. The molecule has 0 bridgehead atoms. The van der Waals surface area contributed by atoms with Gasteiger partial charge in [-0.05, 0) is 108 Å². The molecule has 256 valence electrons. The number of aromatic nitrogens is 3. The van der Waals surface area contributed by atoms with Crippen LogP contribution in [-0.4, -0.2) is 15.0 Å². The predicted molar refractivity (Wildman–Crippen MR) is 228 cm³/mol. The normalized spacial score (nSPS) is 11.9. The molecule has 0 fully saturated rings. The zero-order valence-electron chi connectivity index (χ0n) is 29.9. The second-order valence-corrected chi connectivity index (χ2v) is 14.4. The van der Waals surface area contributed by atoms with E-state index in [1.54, 1.807) is 0 Å². The summed E-state index contributed by atoms with van der Waals surface area (Å²) in [5.74, 6) is 1.99. The molecular formula is C52H33N3. The SMILES string of the molecule is c1ccc(-c2cccc(-c3nc(-c4ccccc4)nc(-c4ccc5c(c4)Cc4ccc(-c6ccc7c8ccccc8c8ccccc8c7c6)cc4-5)n3)c2)cc1. The highest BCUT2D eigenvalue weighted by atomic mass is 15.0. The average Bonchev–Trinajstić information content (AvgIpc) is 3.64. The smallest absolute Gasteiger partial charge is 0.164 e. The quantitative estimate of drug-likeness (QED) is 0.168. The van der Waals surface area contributed by atoms with Crippen molar-refractivity contribution in [2.75, 3.05) is 0 Å². The van der Waals surface area contributed by atoms with Gasteiger partial charge in [0.25, 0.3) is 0 Å². The Kier molecular flexibility index (Phi) is 7.24. The molecule has 0 unspecified atom stereocenters. The molecule has 0 spiro atoms. The summed E-state index contributed by atoms with van der Waals surface area (Å²) >= 11 is 0. The van der Waals surface area contributed by atoms with Crippen molar-refractivity contribution in [3.05, 3.63) is 199 Å². The largest absolute Gasteiger partial charge is 0.208 e. The van der Waals surface area contributed by atoms with Gasteiger partial charge >= 0.3 is 0 Å². The van der Waals surface area contributed by atoms with Crippen molar-refractivity contribution in [1.82, 2.24) is 15.0 Å². The first kappa shape index (κ1) is 31.3. The molecule has 0 amide bonds. The number of fused-ring (bicyclic) bond motifs is 9. The molecule has 1 aliphatic carbocycles. The summed E-state index contributed by atoms with van der Waals surface area (Å²) in [7, 11) is 0. The van der Waals surface area contributed by atoms with E-state index >= 15 is 0 Å². The minimum atomic E-state index is 0.659. The van der Waals surface area contributed by atoms with Gasteiger partial charge < -0.3 is 0 Å². The molecule has 11 rings (SSSR count). The van der Waals surface area contributed by atoms with Gasteiger partial charge in [-0.1, -0.05) is 164 Å². The zero-order valence-corrected chi connectivity index (χ0v) is 29.9. The number of benzene rings is 9. The van der Waals surface area contributed by atoms with Gasteiger partial charge in [-0.25, -0.2) is 15.0 Å². The molecule has 9 aromatic carbocycles. The summed E-state index contributed by atoms with van der Waals surface area (Å²) in [6.07, 6.45) is 0.871. The number of nitrogens with zero attached hydrogens (tertiary/aromatic N) is 3. The fraction of sp³-hybridized carbons (Fsp3) is 0.0192. The molecule has 1 aliphatic rings. The third-order valence-corrected chi connectivity index (χ3v) is 11.1. The van der Waals surface area contributed by atoms with E-state index in [0.717, 1.165) is 34.2 Å². The Morgan fingerprint density at radius 2 is 0.727 bits per heavy atom. The maximum Gasteiger partial charge on any atom is 0.164 e. The molecule has 10 aromatic rings. The Bertz CT molecular complexity index is 3080. The zero-order chi connectivity index (χ0) is 36.3. The van der Waals surface area contributed by atoms with Crippen molar-refractivity contribution in [3.63, 3.8) is 0 Å². The van der Waals surface area contributed by atoms with Gasteiger partial charge in [0, 0.05) is 16.7 Å². The Labute approximate surface area is 319 Å². The van der Waals surface area contributed by atoms with Crippen molar-refractivity contribution in [2.24, 2.45) is 0 Å². The van der Waals surface area contributed by atoms with Crippen LogP contribution in [0.15, 0.2) is 188 Å². The standard InChI is InChI=1S/C52H33N3/c1-3-12-33(13-4-1)35-16-11-17-39(28-35)51-53-50(34-14-5-2-6-15-34)54-52(55-51)40-25-26-42-41(30-40)29-38-23-22-36(31-48(38)42)37-24-27-47-45-20-8-7-18-43(45)44-19-9-10-21-46(44)49(47)32-37/h1-28,30-32H,29H2. The minimum absolute atomic E-state index is 0.659. The highest BCUT2D eigenvalue weighted by molar-refractivity contribution is 6.25. The molecular weight excluding hydrogens is 667 g/mol. The summed E-state index contributed by atoms with van der Waals surface area (Å²) in [4.78, 5) is 15.2. The molecule has 0 saturated heterocycles. The number of hydrogen-bond donors (Lipinski definition) is 0. The predicted octanol–water partition coefficient (Wildman–Crippen LogP) is 13.2. The average molecular weight is 700 g/mol. The third kappa shape index (κ3) is 5.40. The van der Waals surface area contributed by atoms with Gasteiger partial charge in [0.05, 0.1) is 0 Å². The van der Waals surface area contributed by atoms with Crippen molar-refractivity contribution in [3.8, 4) is 67.5 Å². The Hall–Kier alpha value is -7.23. The lowest BCUT2D eigenvalue weighted by Crippen LogP contribution is -2.00. The number of hydrogen-bond acceptors (Lipinski definition) is 3. The monoisotopic (exact) mass is 699 g/mol. The van der Waals surface area contributed by atoms with Crippen LogP contribution in [0.4, 0.5) is 0 Å². The minimum Gasteiger partial charge on any atom is -0.208 e. The van der Waals surface area contributed by atoms with Crippen LogP contribution in [0, 0.1) is 0 Å². The van der Waals surface area contributed by atoms with E-state index < -0.39 is 0 Å². The fourth-order valence-electron chi connectivity index (χ4n) is 8.41. The van der Waals surface area contributed by atoms with Gasteiger partial charge in [-0.3, -0.25) is 0 Å². The molecule has 1 aromatic heterocycles. The van der Waals surface area contributed by atoms with E-state index in [1.807, 2.05) is 24.3 Å². The molecule has 0 saturated carbocycles. The van der Waals surface area contributed by atoms with E-state index in [1.165, 1.54) is 65.7 Å². The van der Waals surface area contributed by atoms with Crippen LogP contribution in [0.5, 0.6) is 0 Å². The van der Waals surface area contributed by atoms with E-state index in [2.05, 4.69) is 164 Å². The molecule has 3 heteroatoms. The third-order valence-electron chi connectivity index (χ3n) is 11.1. The van der Waals surface area contributed by atoms with E-state index in [0.29, 0.717) is 17.5 Å². The van der Waals surface area contributed by atoms with Gasteiger partial charge in [0.2, 0.25) is 0 Å². The van der Waals surface area contributed by atoms with Crippen LogP contribution in [-0.2, 0) is 6.42 Å². The van der Waals surface area contributed by atoms with Crippen molar-refractivity contribution < 1.29 is 0 Å². The van der Waals surface area contributed by atoms with Gasteiger partial charge in [-0.15, -0.1) is 0 Å². The second-order valence-electron chi connectivity index (χ2n) is 14.4. The summed E-state index contributed by atoms with van der Waals surface area (Å²) in [6, 6.07) is 67.2. The first-order valence-electron chi connectivity index (χ1n) is 18.8. The molecule has 1 heterocycles. The van der Waals surface area contributed by atoms with Crippen LogP contribution < -0.4 is 0 Å². The van der Waals surface area contributed by atoms with Crippen molar-refractivity contribution in [1.29, 1.82) is 0 Å². The molecule has 0 aliphatic heterocycles. The lowest BCUT2D eigenvalue weighted by molar-refractivity contribution is 1.07. The van der Waals surface area contributed by atoms with E-state index in [4.69, 9.17) is 15.0 Å². The molecule has 0 atom stereocenters. The van der Waals surface area contributed by atoms with Crippen molar-refractivity contribution in [2.45, 2.75) is 6.42 Å². The topological polar surface area (TPSA) is 38.7 Å². The lowest BCUT2D eigenvalue weighted by Gasteiger charge is -2.13. The lowest BCUT2D eigenvalue weighted by atomic mass is 9.91. The Morgan fingerprint density at radius 1 is 0.255 bits per heavy atom. The van der Waals surface area contributed by atoms with Crippen LogP contribution in [0.3, 0.4) is 0 Å².